The van der Waals surface area contributed by atoms with Gasteiger partial charge in [-0.15, -0.1) is 0 Å². The van der Waals surface area contributed by atoms with Crippen LogP contribution in [0.5, 0.6) is 0 Å². The van der Waals surface area contributed by atoms with Crippen LogP contribution >= 0.6 is 15.9 Å². The largest absolute Gasteiger partial charge is 0.364 e. The molecule has 0 bridgehead atoms. The van der Waals surface area contributed by atoms with Crippen LogP contribution in [0.25, 0.3) is 0 Å². The Morgan fingerprint density at radius 1 is 1.46 bits per heavy atom. The van der Waals surface area contributed by atoms with Gasteiger partial charge in [0.15, 0.2) is 11.5 Å². The molecule has 1 unspecified atom stereocenters. The molecule has 1 aromatic heterocycles. The van der Waals surface area contributed by atoms with E-state index in [1.54, 1.807) is 6.26 Å². The highest BCUT2D eigenvalue weighted by atomic mass is 79.9. The Balaban J connectivity index is 2.18. The maximum absolute atomic E-state index is 13.3. The standard InChI is InChI=1S/C14H18BrFN6O3S/c1-3-18-26(2,24)7-6-17-13-12(21-25-22-13)14(20-23)19-9-4-5-11(16)10(15)8-9/h4-5,8,23H,3,6-7H2,1-2H3,(H,17,22)(H,19,20). The van der Waals surface area contributed by atoms with Gasteiger partial charge in [0, 0.05) is 34.8 Å². The van der Waals surface area contributed by atoms with E-state index in [1.165, 1.54) is 18.2 Å². The van der Waals surface area contributed by atoms with Crippen molar-refractivity contribution in [1.82, 2.24) is 15.8 Å². The van der Waals surface area contributed by atoms with Gasteiger partial charge in [-0.3, -0.25) is 10.7 Å². The van der Waals surface area contributed by atoms with Crippen LogP contribution in [0.15, 0.2) is 36.7 Å². The smallest absolute Gasteiger partial charge is 0.202 e. The summed E-state index contributed by atoms with van der Waals surface area (Å²) in [5, 5.41) is 19.7. The molecule has 2 rings (SSSR count). The van der Waals surface area contributed by atoms with Crippen LogP contribution in [-0.2, 0) is 9.73 Å². The van der Waals surface area contributed by atoms with Gasteiger partial charge in [-0.25, -0.2) is 22.6 Å². The second-order valence-electron chi connectivity index (χ2n) is 5.17. The van der Waals surface area contributed by atoms with Gasteiger partial charge >= 0.3 is 0 Å². The summed E-state index contributed by atoms with van der Waals surface area (Å²) in [5.74, 6) is 0.0198. The Morgan fingerprint density at radius 3 is 2.88 bits per heavy atom. The summed E-state index contributed by atoms with van der Waals surface area (Å²) in [4.78, 5) is 4.15. The van der Waals surface area contributed by atoms with Crippen LogP contribution in [0.2, 0.25) is 0 Å². The van der Waals surface area contributed by atoms with Gasteiger partial charge in [-0.05, 0) is 51.4 Å². The first-order valence-corrected chi connectivity index (χ1v) is 10.4. The van der Waals surface area contributed by atoms with Crippen molar-refractivity contribution in [2.45, 2.75) is 6.92 Å². The molecule has 1 atom stereocenters. The van der Waals surface area contributed by atoms with Crippen LogP contribution in [0.1, 0.15) is 12.6 Å². The van der Waals surface area contributed by atoms with Gasteiger partial charge in [-0.1, -0.05) is 0 Å². The number of hydrogen-bond acceptors (Lipinski definition) is 8. The number of nitrogens with zero attached hydrogens (tertiary/aromatic N) is 4. The third-order valence-corrected chi connectivity index (χ3v) is 5.51. The quantitative estimate of drug-likeness (QED) is 0.337. The number of rotatable bonds is 7. The zero-order valence-electron chi connectivity index (χ0n) is 14.1. The molecule has 0 saturated heterocycles. The van der Waals surface area contributed by atoms with Crippen molar-refractivity contribution in [2.75, 3.05) is 30.4 Å². The summed E-state index contributed by atoms with van der Waals surface area (Å²) in [6.07, 6.45) is 1.58. The highest BCUT2D eigenvalue weighted by molar-refractivity contribution is 9.10. The van der Waals surface area contributed by atoms with E-state index < -0.39 is 15.5 Å². The molecule has 1 heterocycles. The van der Waals surface area contributed by atoms with E-state index in [2.05, 4.69) is 45.5 Å². The molecule has 1 aromatic carbocycles. The Hall–Kier alpha value is -2.05. The zero-order valence-corrected chi connectivity index (χ0v) is 16.5. The van der Waals surface area contributed by atoms with E-state index in [1.807, 2.05) is 12.4 Å². The van der Waals surface area contributed by atoms with Crippen LogP contribution in [0.3, 0.4) is 0 Å². The van der Waals surface area contributed by atoms with Gasteiger partial charge in [0.05, 0.1) is 10.2 Å². The van der Waals surface area contributed by atoms with Crippen molar-refractivity contribution < 1.29 is 18.4 Å². The van der Waals surface area contributed by atoms with Crippen LogP contribution in [0.4, 0.5) is 15.9 Å². The first-order chi connectivity index (χ1) is 12.4. The number of benzene rings is 1. The van der Waals surface area contributed by atoms with E-state index in [4.69, 9.17) is 0 Å². The molecule has 142 valence electrons. The molecule has 0 aliphatic carbocycles. The number of nitrogens with one attached hydrogen (secondary N) is 2. The first kappa shape index (κ1) is 20.3. The Morgan fingerprint density at radius 2 is 2.23 bits per heavy atom. The van der Waals surface area contributed by atoms with Crippen LogP contribution in [0, 0.1) is 5.82 Å². The lowest BCUT2D eigenvalue weighted by Gasteiger charge is -2.07. The molecular weight excluding hydrogens is 431 g/mol. The summed E-state index contributed by atoms with van der Waals surface area (Å²) < 4.78 is 34.4. The lowest BCUT2D eigenvalue weighted by Crippen LogP contribution is -2.23. The van der Waals surface area contributed by atoms with Gasteiger partial charge < -0.3 is 5.32 Å². The summed E-state index contributed by atoms with van der Waals surface area (Å²) in [5.41, 5.74) is 2.39. The van der Waals surface area contributed by atoms with Crippen LogP contribution in [-0.4, -0.2) is 50.7 Å². The fourth-order valence-electron chi connectivity index (χ4n) is 1.97. The lowest BCUT2D eigenvalue weighted by atomic mass is 10.3. The van der Waals surface area contributed by atoms with E-state index in [0.29, 0.717) is 24.5 Å². The van der Waals surface area contributed by atoms with Crippen molar-refractivity contribution in [3.8, 4) is 0 Å². The molecule has 9 nitrogen and oxygen atoms in total. The van der Waals surface area contributed by atoms with E-state index in [9.17, 15) is 13.8 Å². The average Bonchev–Trinajstić information content (AvgIpc) is 3.04. The Bertz CT molecular complexity index is 910. The molecule has 12 heteroatoms. The molecule has 26 heavy (non-hydrogen) atoms. The first-order valence-electron chi connectivity index (χ1n) is 7.52. The fourth-order valence-corrected chi connectivity index (χ4v) is 3.49. The monoisotopic (exact) mass is 448 g/mol. The molecule has 0 saturated carbocycles. The predicted octanol–water partition coefficient (Wildman–Crippen LogP) is 2.56. The summed E-state index contributed by atoms with van der Waals surface area (Å²) in [6, 6.07) is 4.09. The Labute approximate surface area is 158 Å². The number of aromatic nitrogens is 2. The van der Waals surface area contributed by atoms with Gasteiger partial charge in [0.2, 0.25) is 5.82 Å². The van der Waals surface area contributed by atoms with Gasteiger partial charge in [-0.2, -0.15) is 0 Å². The minimum atomic E-state index is -2.28. The van der Waals surface area contributed by atoms with Crippen molar-refractivity contribution in [2.24, 2.45) is 9.36 Å². The summed E-state index contributed by atoms with van der Waals surface area (Å²) in [7, 11) is -2.28. The maximum atomic E-state index is 13.3. The Kier molecular flexibility index (Phi) is 7.06. The molecule has 0 spiro atoms. The minimum absolute atomic E-state index is 0.0530. The minimum Gasteiger partial charge on any atom is -0.364 e. The molecule has 3 N–H and O–H groups in total. The topological polar surface area (TPSA) is 125 Å². The molecule has 0 aliphatic heterocycles. The van der Waals surface area contributed by atoms with E-state index in [0.717, 1.165) is 0 Å². The number of aliphatic imine (C=N–C) groups is 1. The normalized spacial score (nSPS) is 14.0. The summed E-state index contributed by atoms with van der Waals surface area (Å²) in [6.45, 7) is 2.60. The highest BCUT2D eigenvalue weighted by Gasteiger charge is 2.17. The van der Waals surface area contributed by atoms with Crippen molar-refractivity contribution in [3.05, 3.63) is 34.2 Å². The summed E-state index contributed by atoms with van der Waals surface area (Å²) >= 11 is 3.06. The number of hydroxylamine groups is 1. The van der Waals surface area contributed by atoms with Crippen molar-refractivity contribution >= 4 is 43.0 Å². The molecule has 2 aromatic rings. The van der Waals surface area contributed by atoms with E-state index in [-0.39, 0.29) is 21.8 Å². The molecule has 0 aliphatic rings. The zero-order chi connectivity index (χ0) is 19.2. The number of halogens is 2. The van der Waals surface area contributed by atoms with Crippen molar-refractivity contribution in [1.29, 1.82) is 0 Å². The molecule has 0 fully saturated rings. The maximum Gasteiger partial charge on any atom is 0.202 e. The van der Waals surface area contributed by atoms with Crippen molar-refractivity contribution in [3.63, 3.8) is 0 Å². The van der Waals surface area contributed by atoms with Gasteiger partial charge in [0.25, 0.3) is 0 Å². The van der Waals surface area contributed by atoms with E-state index >= 15 is 0 Å². The van der Waals surface area contributed by atoms with Crippen LogP contribution < -0.4 is 10.8 Å². The second kappa shape index (κ2) is 9.05. The molecule has 0 amide bonds. The molecule has 0 radical (unpaired) electrons. The van der Waals surface area contributed by atoms with Gasteiger partial charge in [0.1, 0.15) is 5.82 Å². The number of amidine groups is 1. The lowest BCUT2D eigenvalue weighted by molar-refractivity contribution is 0.234. The second-order valence-corrected chi connectivity index (χ2v) is 8.61. The molecular formula is C14H18BrFN6O3S. The third kappa shape index (κ3) is 5.47. The third-order valence-electron chi connectivity index (χ3n) is 3.14. The number of anilines is 1. The SMILES string of the molecule is CCN=S(C)(=O)CCNc1nonc1C(=Nc1ccc(F)c(Br)c1)NO. The number of hydrogen-bond donors (Lipinski definition) is 3. The highest BCUT2D eigenvalue weighted by Crippen LogP contribution is 2.23. The predicted molar refractivity (Wildman–Crippen MR) is 99.9 cm³/mol. The average molecular weight is 449 g/mol. The fraction of sp³-hybridized carbons (Fsp3) is 0.357.